The van der Waals surface area contributed by atoms with Crippen LogP contribution in [-0.4, -0.2) is 42.5 Å². The molecule has 0 atom stereocenters. The fourth-order valence-electron chi connectivity index (χ4n) is 4.99. The molecule has 2 amide bonds. The minimum atomic E-state index is -0.436. The molecule has 194 valence electrons. The van der Waals surface area contributed by atoms with E-state index in [0.717, 1.165) is 61.2 Å². The Labute approximate surface area is 219 Å². The number of ether oxygens (including phenoxy) is 2. The zero-order valence-electron chi connectivity index (χ0n) is 22.0. The average Bonchev–Trinajstić information content (AvgIpc) is 3.75. The molecule has 0 aromatic heterocycles. The number of carbonyl (C=O) groups is 2. The van der Waals surface area contributed by atoms with Crippen LogP contribution in [0.1, 0.15) is 62.6 Å². The molecular formula is C31H36N2O4. The van der Waals surface area contributed by atoms with Gasteiger partial charge in [-0.25, -0.2) is 0 Å². The lowest BCUT2D eigenvalue weighted by Crippen LogP contribution is -2.34. The molecule has 37 heavy (non-hydrogen) atoms. The second-order valence-corrected chi connectivity index (χ2v) is 10.7. The molecule has 0 spiro atoms. The van der Waals surface area contributed by atoms with Crippen LogP contribution in [0.2, 0.25) is 0 Å². The van der Waals surface area contributed by atoms with E-state index in [0.29, 0.717) is 18.0 Å². The summed E-state index contributed by atoms with van der Waals surface area (Å²) in [5.41, 5.74) is 3.12. The second kappa shape index (κ2) is 10.4. The number of fused-ring (bicyclic) bond motifs is 1. The molecule has 6 heteroatoms. The number of nitrogens with zero attached hydrogens (tertiary/aromatic N) is 2. The van der Waals surface area contributed by atoms with Crippen molar-refractivity contribution in [2.45, 2.75) is 58.1 Å². The van der Waals surface area contributed by atoms with E-state index >= 15 is 0 Å². The highest BCUT2D eigenvalue weighted by atomic mass is 16.5. The molecule has 0 N–H and O–H groups in total. The van der Waals surface area contributed by atoms with Crippen LogP contribution < -0.4 is 14.4 Å². The van der Waals surface area contributed by atoms with Crippen molar-refractivity contribution in [3.63, 3.8) is 0 Å². The molecule has 2 aromatic carbocycles. The fraction of sp³-hybridized carbons (Fsp3) is 0.419. The van der Waals surface area contributed by atoms with Crippen LogP contribution in [0.25, 0.3) is 12.2 Å². The van der Waals surface area contributed by atoms with E-state index < -0.39 is 5.60 Å². The van der Waals surface area contributed by atoms with Gasteiger partial charge in [0, 0.05) is 41.9 Å². The van der Waals surface area contributed by atoms with Crippen LogP contribution in [0.3, 0.4) is 0 Å². The topological polar surface area (TPSA) is 59.1 Å². The van der Waals surface area contributed by atoms with Crippen LogP contribution in [0.15, 0.2) is 48.6 Å². The number of amides is 2. The number of benzene rings is 2. The summed E-state index contributed by atoms with van der Waals surface area (Å²) < 4.78 is 12.1. The highest BCUT2D eigenvalue weighted by Gasteiger charge is 2.35. The van der Waals surface area contributed by atoms with Crippen LogP contribution in [0, 0.1) is 5.92 Å². The Balaban J connectivity index is 1.42. The van der Waals surface area contributed by atoms with Crippen molar-refractivity contribution in [3.8, 4) is 11.5 Å². The summed E-state index contributed by atoms with van der Waals surface area (Å²) in [4.78, 5) is 29.8. The minimum Gasteiger partial charge on any atom is -0.492 e. The van der Waals surface area contributed by atoms with Crippen molar-refractivity contribution < 1.29 is 19.1 Å². The smallest absolute Gasteiger partial charge is 0.246 e. The number of hydrogen-bond donors (Lipinski definition) is 0. The summed E-state index contributed by atoms with van der Waals surface area (Å²) in [6, 6.07) is 11.9. The van der Waals surface area contributed by atoms with Crippen molar-refractivity contribution in [1.29, 1.82) is 0 Å². The summed E-state index contributed by atoms with van der Waals surface area (Å²) >= 11 is 0. The molecule has 1 saturated carbocycles. The monoisotopic (exact) mass is 500 g/mol. The SMILES string of the molecule is COc1c(CN(C(=O)C2CC2)c2cccc(/C=C/C(=O)N3CCCCC3)c2)ccc2c1OC(C)(C)C=C2. The first-order valence-corrected chi connectivity index (χ1v) is 13.3. The first-order valence-electron chi connectivity index (χ1n) is 13.3. The van der Waals surface area contributed by atoms with Gasteiger partial charge < -0.3 is 19.3 Å². The third-order valence-electron chi connectivity index (χ3n) is 7.25. The van der Waals surface area contributed by atoms with E-state index in [2.05, 4.69) is 6.08 Å². The van der Waals surface area contributed by atoms with Gasteiger partial charge in [-0.3, -0.25) is 9.59 Å². The highest BCUT2D eigenvalue weighted by Crippen LogP contribution is 2.42. The molecule has 0 bridgehead atoms. The van der Waals surface area contributed by atoms with Crippen molar-refractivity contribution >= 4 is 29.7 Å². The van der Waals surface area contributed by atoms with Gasteiger partial charge in [-0.15, -0.1) is 0 Å². The third-order valence-corrected chi connectivity index (χ3v) is 7.25. The predicted molar refractivity (Wildman–Crippen MR) is 147 cm³/mol. The molecule has 5 rings (SSSR count). The van der Waals surface area contributed by atoms with Crippen LogP contribution >= 0.6 is 0 Å². The maximum absolute atomic E-state index is 13.4. The number of anilines is 1. The van der Waals surface area contributed by atoms with Gasteiger partial charge >= 0.3 is 0 Å². The first kappa shape index (κ1) is 25.1. The van der Waals surface area contributed by atoms with E-state index in [-0.39, 0.29) is 17.7 Å². The molecule has 2 aliphatic heterocycles. The molecule has 1 aliphatic carbocycles. The maximum atomic E-state index is 13.4. The van der Waals surface area contributed by atoms with E-state index in [1.807, 2.05) is 72.2 Å². The lowest BCUT2D eigenvalue weighted by molar-refractivity contribution is -0.126. The summed E-state index contributed by atoms with van der Waals surface area (Å²) in [5.74, 6) is 1.59. The molecule has 1 saturated heterocycles. The van der Waals surface area contributed by atoms with Crippen molar-refractivity contribution in [2.75, 3.05) is 25.1 Å². The van der Waals surface area contributed by atoms with Crippen molar-refractivity contribution in [3.05, 3.63) is 65.2 Å². The van der Waals surface area contributed by atoms with Gasteiger partial charge in [0.25, 0.3) is 0 Å². The lowest BCUT2D eigenvalue weighted by atomic mass is 9.99. The number of hydrogen-bond acceptors (Lipinski definition) is 4. The zero-order valence-corrected chi connectivity index (χ0v) is 22.0. The fourth-order valence-corrected chi connectivity index (χ4v) is 4.99. The molecule has 3 aliphatic rings. The Morgan fingerprint density at radius 1 is 1.14 bits per heavy atom. The lowest BCUT2D eigenvalue weighted by Gasteiger charge is -2.31. The van der Waals surface area contributed by atoms with Gasteiger partial charge in [-0.2, -0.15) is 0 Å². The Morgan fingerprint density at radius 2 is 1.92 bits per heavy atom. The quantitative estimate of drug-likeness (QED) is 0.448. The number of rotatable bonds is 7. The Kier molecular flexibility index (Phi) is 7.09. The maximum Gasteiger partial charge on any atom is 0.246 e. The van der Waals surface area contributed by atoms with E-state index in [1.54, 1.807) is 13.2 Å². The second-order valence-electron chi connectivity index (χ2n) is 10.7. The largest absolute Gasteiger partial charge is 0.492 e. The number of likely N-dealkylation sites (tertiary alicyclic amines) is 1. The molecular weight excluding hydrogens is 464 g/mol. The van der Waals surface area contributed by atoms with Gasteiger partial charge in [-0.05, 0) is 75.8 Å². The normalized spacial score (nSPS) is 18.3. The zero-order chi connectivity index (χ0) is 26.0. The first-order chi connectivity index (χ1) is 17.8. The summed E-state index contributed by atoms with van der Waals surface area (Å²) in [5, 5.41) is 0. The van der Waals surface area contributed by atoms with Crippen LogP contribution in [0.4, 0.5) is 5.69 Å². The molecule has 2 fully saturated rings. The van der Waals surface area contributed by atoms with Gasteiger partial charge in [0.15, 0.2) is 11.5 Å². The van der Waals surface area contributed by atoms with Crippen LogP contribution in [0.5, 0.6) is 11.5 Å². The number of methoxy groups -OCH3 is 1. The predicted octanol–water partition coefficient (Wildman–Crippen LogP) is 5.85. The average molecular weight is 501 g/mol. The van der Waals surface area contributed by atoms with E-state index in [4.69, 9.17) is 9.47 Å². The molecule has 0 unspecified atom stereocenters. The number of piperidine rings is 1. The summed E-state index contributed by atoms with van der Waals surface area (Å²) in [6.45, 7) is 6.05. The number of carbonyl (C=O) groups excluding carboxylic acids is 2. The minimum absolute atomic E-state index is 0.0479. The third kappa shape index (κ3) is 5.74. The van der Waals surface area contributed by atoms with Crippen molar-refractivity contribution in [2.24, 2.45) is 5.92 Å². The molecule has 6 nitrogen and oxygen atoms in total. The molecule has 0 radical (unpaired) electrons. The van der Waals surface area contributed by atoms with Crippen LogP contribution in [-0.2, 0) is 16.1 Å². The highest BCUT2D eigenvalue weighted by molar-refractivity contribution is 5.97. The van der Waals surface area contributed by atoms with E-state index in [9.17, 15) is 9.59 Å². The standard InChI is InChI=1S/C31H36N2O4/c1-31(2)17-16-23-11-14-25(28(36-3)29(23)37-31)21-33(30(35)24-12-13-24)26-9-7-8-22(20-26)10-15-27(34)32-18-5-4-6-19-32/h7-11,14-17,20,24H,4-6,12-13,18-19,21H2,1-3H3/b15-10+. The molecule has 2 heterocycles. The Hall–Kier alpha value is -3.54. The van der Waals surface area contributed by atoms with E-state index in [1.165, 1.54) is 6.42 Å². The molecule has 2 aromatic rings. The Morgan fingerprint density at radius 3 is 2.65 bits per heavy atom. The summed E-state index contributed by atoms with van der Waals surface area (Å²) in [7, 11) is 1.64. The van der Waals surface area contributed by atoms with Gasteiger partial charge in [0.05, 0.1) is 13.7 Å². The van der Waals surface area contributed by atoms with Gasteiger partial charge in [-0.1, -0.05) is 30.3 Å². The Bertz CT molecular complexity index is 1240. The van der Waals surface area contributed by atoms with Gasteiger partial charge in [0.1, 0.15) is 5.60 Å². The van der Waals surface area contributed by atoms with Crippen molar-refractivity contribution in [1.82, 2.24) is 4.90 Å². The summed E-state index contributed by atoms with van der Waals surface area (Å²) in [6.07, 6.45) is 12.8. The van der Waals surface area contributed by atoms with Gasteiger partial charge in [0.2, 0.25) is 11.8 Å².